The van der Waals surface area contributed by atoms with Crippen LogP contribution < -0.4 is 15.7 Å². The van der Waals surface area contributed by atoms with Crippen molar-refractivity contribution in [3.05, 3.63) is 76.0 Å². The zero-order valence-electron chi connectivity index (χ0n) is 17.1. The molecule has 1 aliphatic heterocycles. The molecule has 3 aromatic rings. The zero-order valence-corrected chi connectivity index (χ0v) is 17.1. The van der Waals surface area contributed by atoms with Crippen LogP contribution in [0.4, 0.5) is 5.69 Å². The van der Waals surface area contributed by atoms with Crippen LogP contribution >= 0.6 is 0 Å². The van der Waals surface area contributed by atoms with E-state index in [1.54, 1.807) is 41.0 Å². The fourth-order valence-corrected chi connectivity index (χ4v) is 3.63. The summed E-state index contributed by atoms with van der Waals surface area (Å²) in [7, 11) is 0. The zero-order chi connectivity index (χ0) is 21.6. The molecule has 0 bridgehead atoms. The summed E-state index contributed by atoms with van der Waals surface area (Å²) in [6, 6.07) is 16.4. The number of hydrogen-bond acceptors (Lipinski definition) is 5. The largest absolute Gasteiger partial charge is 0.489 e. The standard InChI is InChI=1S/C23H23N5O3/c24-14-17-6-4-7-18(12-17)16-31-20-9-5-8-19(13-20)25-22(29)15-28-23(30)27-11-3-1-2-10-21(27)26-28/h4-9,12-13H,1-3,10-11,15-16H2,(H,25,29). The number of aryl methyl sites for hydroxylation is 1. The molecule has 4 rings (SSSR count). The molecule has 0 radical (unpaired) electrons. The molecule has 0 spiro atoms. The molecule has 8 nitrogen and oxygen atoms in total. The number of nitrogens with one attached hydrogen (secondary N) is 1. The van der Waals surface area contributed by atoms with Gasteiger partial charge in [0, 0.05) is 24.7 Å². The minimum atomic E-state index is -0.325. The Morgan fingerprint density at radius 3 is 2.90 bits per heavy atom. The third-order valence-electron chi connectivity index (χ3n) is 5.15. The van der Waals surface area contributed by atoms with Gasteiger partial charge >= 0.3 is 5.69 Å². The van der Waals surface area contributed by atoms with Crippen molar-refractivity contribution in [2.75, 3.05) is 5.32 Å². The van der Waals surface area contributed by atoms with E-state index in [1.807, 2.05) is 12.1 Å². The SMILES string of the molecule is N#Cc1cccc(COc2cccc(NC(=O)Cn3nc4n(c3=O)CCCCC4)c2)c1. The predicted molar refractivity (Wildman–Crippen MR) is 115 cm³/mol. The number of carbonyl (C=O) groups excluding carboxylic acids is 1. The number of nitrogens with zero attached hydrogens (tertiary/aromatic N) is 4. The van der Waals surface area contributed by atoms with Gasteiger partial charge in [-0.1, -0.05) is 24.6 Å². The molecule has 1 N–H and O–H groups in total. The first-order valence-electron chi connectivity index (χ1n) is 10.3. The number of carbonyl (C=O) groups is 1. The smallest absolute Gasteiger partial charge is 0.346 e. The van der Waals surface area contributed by atoms with E-state index < -0.39 is 0 Å². The molecule has 0 aliphatic carbocycles. The first-order chi connectivity index (χ1) is 15.1. The molecule has 31 heavy (non-hydrogen) atoms. The lowest BCUT2D eigenvalue weighted by Gasteiger charge is -2.09. The van der Waals surface area contributed by atoms with Crippen molar-refractivity contribution in [2.45, 2.75) is 45.4 Å². The van der Waals surface area contributed by atoms with Crippen molar-refractivity contribution in [3.63, 3.8) is 0 Å². The minimum Gasteiger partial charge on any atom is -0.489 e. The maximum atomic E-state index is 12.5. The first kappa shape index (κ1) is 20.4. The number of amides is 1. The summed E-state index contributed by atoms with van der Waals surface area (Å²) in [6.07, 6.45) is 3.82. The molecule has 0 saturated carbocycles. The van der Waals surface area contributed by atoms with E-state index in [4.69, 9.17) is 10.00 Å². The maximum absolute atomic E-state index is 12.5. The van der Waals surface area contributed by atoms with Crippen LogP contribution in [0, 0.1) is 11.3 Å². The summed E-state index contributed by atoms with van der Waals surface area (Å²) in [5, 5.41) is 16.1. The molecule has 1 amide bonds. The maximum Gasteiger partial charge on any atom is 0.346 e. The van der Waals surface area contributed by atoms with Gasteiger partial charge in [-0.05, 0) is 42.7 Å². The van der Waals surface area contributed by atoms with Gasteiger partial charge in [0.15, 0.2) is 0 Å². The van der Waals surface area contributed by atoms with Crippen LogP contribution in [0.5, 0.6) is 5.75 Å². The average Bonchev–Trinajstić information content (AvgIpc) is 2.94. The van der Waals surface area contributed by atoms with Crippen LogP contribution in [0.3, 0.4) is 0 Å². The monoisotopic (exact) mass is 417 g/mol. The van der Waals surface area contributed by atoms with Gasteiger partial charge in [-0.2, -0.15) is 10.4 Å². The molecule has 2 heterocycles. The number of aromatic nitrogens is 3. The lowest BCUT2D eigenvalue weighted by molar-refractivity contribution is -0.117. The topological polar surface area (TPSA) is 102 Å². The number of hydrogen-bond donors (Lipinski definition) is 1. The van der Waals surface area contributed by atoms with E-state index in [0.29, 0.717) is 30.2 Å². The summed E-state index contributed by atoms with van der Waals surface area (Å²) in [4.78, 5) is 25.0. The Hall–Kier alpha value is -3.86. The van der Waals surface area contributed by atoms with Crippen molar-refractivity contribution in [2.24, 2.45) is 0 Å². The van der Waals surface area contributed by atoms with E-state index in [9.17, 15) is 9.59 Å². The second kappa shape index (κ2) is 9.30. The summed E-state index contributed by atoms with van der Waals surface area (Å²) in [6.45, 7) is 0.833. The number of nitriles is 1. The summed E-state index contributed by atoms with van der Waals surface area (Å²) >= 11 is 0. The third kappa shape index (κ3) is 5.01. The molecule has 2 aromatic carbocycles. The van der Waals surface area contributed by atoms with Crippen molar-refractivity contribution in [1.82, 2.24) is 14.3 Å². The Kier molecular flexibility index (Phi) is 6.13. The second-order valence-electron chi connectivity index (χ2n) is 7.50. The summed E-state index contributed by atoms with van der Waals surface area (Å²) in [5.74, 6) is 1.02. The molecule has 0 saturated heterocycles. The summed E-state index contributed by atoms with van der Waals surface area (Å²) in [5.41, 5.74) is 1.80. The number of anilines is 1. The predicted octanol–water partition coefficient (Wildman–Crippen LogP) is 2.86. The molecule has 0 fully saturated rings. The van der Waals surface area contributed by atoms with Crippen molar-refractivity contribution in [3.8, 4) is 11.8 Å². The van der Waals surface area contributed by atoms with Crippen LogP contribution in [0.1, 0.15) is 36.2 Å². The van der Waals surface area contributed by atoms with Crippen molar-refractivity contribution in [1.29, 1.82) is 5.26 Å². The van der Waals surface area contributed by atoms with Crippen LogP contribution in [-0.2, 0) is 30.9 Å². The normalized spacial score (nSPS) is 13.0. The Labute approximate surface area is 179 Å². The van der Waals surface area contributed by atoms with E-state index in [2.05, 4.69) is 16.5 Å². The van der Waals surface area contributed by atoms with Gasteiger partial charge in [-0.15, -0.1) is 0 Å². The highest BCUT2D eigenvalue weighted by Gasteiger charge is 2.17. The van der Waals surface area contributed by atoms with Crippen molar-refractivity contribution < 1.29 is 9.53 Å². The van der Waals surface area contributed by atoms with Gasteiger partial charge in [-0.25, -0.2) is 9.48 Å². The van der Waals surface area contributed by atoms with Crippen LogP contribution in [0.15, 0.2) is 53.3 Å². The van der Waals surface area contributed by atoms with E-state index in [0.717, 1.165) is 37.1 Å². The number of benzene rings is 2. The minimum absolute atomic E-state index is 0.134. The lowest BCUT2D eigenvalue weighted by atomic mass is 10.1. The number of rotatable bonds is 6. The number of fused-ring (bicyclic) bond motifs is 1. The van der Waals surface area contributed by atoms with Gasteiger partial charge in [0.1, 0.15) is 24.7 Å². The highest BCUT2D eigenvalue weighted by Crippen LogP contribution is 2.19. The molecular formula is C23H23N5O3. The summed E-state index contributed by atoms with van der Waals surface area (Å²) < 4.78 is 8.70. The van der Waals surface area contributed by atoms with Crippen LogP contribution in [0.2, 0.25) is 0 Å². The number of ether oxygens (including phenoxy) is 1. The van der Waals surface area contributed by atoms with Gasteiger partial charge < -0.3 is 10.1 Å². The van der Waals surface area contributed by atoms with Crippen LogP contribution in [-0.4, -0.2) is 20.3 Å². The Morgan fingerprint density at radius 1 is 1.16 bits per heavy atom. The van der Waals surface area contributed by atoms with Crippen molar-refractivity contribution >= 4 is 11.6 Å². The molecule has 0 unspecified atom stereocenters. The van der Waals surface area contributed by atoms with E-state index in [1.165, 1.54) is 4.68 Å². The van der Waals surface area contributed by atoms with Gasteiger partial charge in [0.2, 0.25) is 5.91 Å². The lowest BCUT2D eigenvalue weighted by Crippen LogP contribution is -2.30. The molecular weight excluding hydrogens is 394 g/mol. The first-order valence-corrected chi connectivity index (χ1v) is 10.3. The Balaban J connectivity index is 1.38. The second-order valence-corrected chi connectivity index (χ2v) is 7.50. The fourth-order valence-electron chi connectivity index (χ4n) is 3.63. The molecule has 1 aliphatic rings. The highest BCUT2D eigenvalue weighted by molar-refractivity contribution is 5.90. The Morgan fingerprint density at radius 2 is 2.03 bits per heavy atom. The van der Waals surface area contributed by atoms with Crippen LogP contribution in [0.25, 0.3) is 0 Å². The van der Waals surface area contributed by atoms with E-state index >= 15 is 0 Å². The molecule has 1 aromatic heterocycles. The molecule has 158 valence electrons. The third-order valence-corrected chi connectivity index (χ3v) is 5.15. The molecule has 0 atom stereocenters. The average molecular weight is 417 g/mol. The van der Waals surface area contributed by atoms with Gasteiger partial charge in [0.05, 0.1) is 11.6 Å². The Bertz CT molecular complexity index is 1190. The fraction of sp³-hybridized carbons (Fsp3) is 0.304. The molecule has 8 heteroatoms. The quantitative estimate of drug-likeness (QED) is 0.664. The highest BCUT2D eigenvalue weighted by atomic mass is 16.5. The van der Waals surface area contributed by atoms with Gasteiger partial charge in [0.25, 0.3) is 0 Å². The van der Waals surface area contributed by atoms with E-state index in [-0.39, 0.29) is 18.1 Å². The van der Waals surface area contributed by atoms with Gasteiger partial charge in [-0.3, -0.25) is 9.36 Å².